The Morgan fingerprint density at radius 3 is 2.91 bits per heavy atom. The van der Waals surface area contributed by atoms with Gasteiger partial charge in [0.1, 0.15) is 5.60 Å². The zero-order valence-electron chi connectivity index (χ0n) is 12.5. The lowest BCUT2D eigenvalue weighted by Gasteiger charge is -2.34. The van der Waals surface area contributed by atoms with Crippen LogP contribution < -0.4 is 0 Å². The van der Waals surface area contributed by atoms with Crippen LogP contribution in [-0.2, 0) is 24.7 Å². The summed E-state index contributed by atoms with van der Waals surface area (Å²) in [5, 5.41) is 0. The predicted molar refractivity (Wildman–Crippen MR) is 81.0 cm³/mol. The van der Waals surface area contributed by atoms with Gasteiger partial charge in [0.2, 0.25) is 0 Å². The van der Waals surface area contributed by atoms with Crippen LogP contribution in [0.25, 0.3) is 0 Å². The monoisotopic (exact) mass is 298 g/mol. The summed E-state index contributed by atoms with van der Waals surface area (Å²) in [6, 6.07) is 9.81. The Morgan fingerprint density at radius 2 is 2.18 bits per heavy atom. The summed E-state index contributed by atoms with van der Waals surface area (Å²) in [6.07, 6.45) is 5.23. The average Bonchev–Trinajstić information content (AvgIpc) is 2.88. The molecule has 0 spiro atoms. The van der Waals surface area contributed by atoms with E-state index in [1.54, 1.807) is 13.0 Å². The molecule has 114 valence electrons. The van der Waals surface area contributed by atoms with E-state index in [1.165, 1.54) is 6.08 Å². The number of rotatable bonds is 3. The number of ketones is 1. The number of fused-ring (bicyclic) bond motifs is 1. The normalized spacial score (nSPS) is 28.7. The van der Waals surface area contributed by atoms with Gasteiger partial charge in [-0.25, -0.2) is 4.79 Å². The summed E-state index contributed by atoms with van der Waals surface area (Å²) >= 11 is 0. The molecule has 1 aliphatic heterocycles. The first-order valence-electron chi connectivity index (χ1n) is 7.44. The fourth-order valence-electron chi connectivity index (χ4n) is 3.17. The van der Waals surface area contributed by atoms with Crippen LogP contribution in [0.1, 0.15) is 18.9 Å². The Labute approximate surface area is 129 Å². The summed E-state index contributed by atoms with van der Waals surface area (Å²) in [5.41, 5.74) is 1.16. The van der Waals surface area contributed by atoms with E-state index in [4.69, 9.17) is 9.47 Å². The van der Waals surface area contributed by atoms with E-state index in [1.807, 2.05) is 36.4 Å². The van der Waals surface area contributed by atoms with E-state index in [0.717, 1.165) is 11.1 Å². The summed E-state index contributed by atoms with van der Waals surface area (Å²) < 4.78 is 11.0. The topological polar surface area (TPSA) is 52.6 Å². The molecule has 0 N–H and O–H groups in total. The van der Waals surface area contributed by atoms with Gasteiger partial charge in [-0.1, -0.05) is 30.3 Å². The van der Waals surface area contributed by atoms with Crippen LogP contribution >= 0.6 is 0 Å². The third-order valence-corrected chi connectivity index (χ3v) is 4.18. The number of carbonyl (C=O) groups is 2. The van der Waals surface area contributed by atoms with Gasteiger partial charge < -0.3 is 9.47 Å². The van der Waals surface area contributed by atoms with E-state index >= 15 is 0 Å². The number of carbonyl (C=O) groups excluding carboxylic acids is 2. The van der Waals surface area contributed by atoms with Crippen molar-refractivity contribution in [1.82, 2.24) is 0 Å². The standard InChI is InChI=1S/C18H18O4/c1-2-21-17(20)10-13-12-22-18(14-6-4-3-5-7-14)9-8-15(19)11-16(13)18/h3-10,16H,2,11-12H2,1H3/b13-10+/t16-,18+/m1/s1. The minimum Gasteiger partial charge on any atom is -0.463 e. The van der Waals surface area contributed by atoms with Crippen molar-refractivity contribution in [2.24, 2.45) is 5.92 Å². The molecule has 3 rings (SSSR count). The Hall–Kier alpha value is -2.20. The molecule has 0 amide bonds. The maximum Gasteiger partial charge on any atom is 0.330 e. The van der Waals surface area contributed by atoms with E-state index in [9.17, 15) is 9.59 Å². The van der Waals surface area contributed by atoms with Crippen LogP contribution in [0.2, 0.25) is 0 Å². The highest BCUT2D eigenvalue weighted by atomic mass is 16.5. The highest BCUT2D eigenvalue weighted by Crippen LogP contribution is 2.48. The third kappa shape index (κ3) is 2.50. The molecule has 4 heteroatoms. The number of esters is 1. The van der Waals surface area contributed by atoms with Crippen molar-refractivity contribution >= 4 is 11.8 Å². The lowest BCUT2D eigenvalue weighted by Crippen LogP contribution is -2.35. The fourth-order valence-corrected chi connectivity index (χ4v) is 3.17. The maximum atomic E-state index is 11.9. The molecule has 0 unspecified atom stereocenters. The van der Waals surface area contributed by atoms with E-state index in [0.29, 0.717) is 19.6 Å². The highest BCUT2D eigenvalue weighted by molar-refractivity contribution is 5.92. The van der Waals surface area contributed by atoms with Crippen molar-refractivity contribution in [3.8, 4) is 0 Å². The number of hydrogen-bond donors (Lipinski definition) is 0. The summed E-state index contributed by atoms with van der Waals surface area (Å²) in [7, 11) is 0. The number of hydrogen-bond acceptors (Lipinski definition) is 4. The van der Waals surface area contributed by atoms with Gasteiger partial charge in [0.05, 0.1) is 13.2 Å². The molecule has 1 saturated heterocycles. The smallest absolute Gasteiger partial charge is 0.330 e. The molecular weight excluding hydrogens is 280 g/mol. The number of benzene rings is 1. The van der Waals surface area contributed by atoms with Gasteiger partial charge in [0.25, 0.3) is 0 Å². The molecule has 1 aromatic rings. The third-order valence-electron chi connectivity index (χ3n) is 4.18. The Balaban J connectivity index is 2.00. The maximum absolute atomic E-state index is 11.9. The van der Waals surface area contributed by atoms with Gasteiger partial charge in [0, 0.05) is 18.4 Å². The van der Waals surface area contributed by atoms with E-state index in [2.05, 4.69) is 0 Å². The molecule has 1 aromatic carbocycles. The van der Waals surface area contributed by atoms with Gasteiger partial charge in [-0.15, -0.1) is 0 Å². The number of allylic oxidation sites excluding steroid dienone is 1. The first-order chi connectivity index (χ1) is 10.7. The molecule has 4 nitrogen and oxygen atoms in total. The minimum absolute atomic E-state index is 0.0526. The van der Waals surface area contributed by atoms with Gasteiger partial charge in [0.15, 0.2) is 5.78 Å². The van der Waals surface area contributed by atoms with Crippen LogP contribution in [0.15, 0.2) is 54.1 Å². The second-order valence-corrected chi connectivity index (χ2v) is 5.48. The summed E-state index contributed by atoms with van der Waals surface area (Å²) in [4.78, 5) is 23.6. The zero-order chi connectivity index (χ0) is 15.6. The molecule has 2 atom stereocenters. The highest BCUT2D eigenvalue weighted by Gasteiger charge is 2.49. The second-order valence-electron chi connectivity index (χ2n) is 5.48. The van der Waals surface area contributed by atoms with Crippen LogP contribution in [0, 0.1) is 5.92 Å². The largest absolute Gasteiger partial charge is 0.463 e. The molecule has 2 aliphatic rings. The summed E-state index contributed by atoms with van der Waals surface area (Å²) in [5.74, 6) is -0.486. The van der Waals surface area contributed by atoms with Crippen molar-refractivity contribution in [1.29, 1.82) is 0 Å². The molecule has 0 saturated carbocycles. The van der Waals surface area contributed by atoms with Crippen molar-refractivity contribution in [3.63, 3.8) is 0 Å². The summed E-state index contributed by atoms with van der Waals surface area (Å²) in [6.45, 7) is 2.43. The quantitative estimate of drug-likeness (QED) is 0.635. The van der Waals surface area contributed by atoms with Crippen molar-refractivity contribution < 1.29 is 19.1 Å². The molecular formula is C18H18O4. The Bertz CT molecular complexity index is 644. The zero-order valence-corrected chi connectivity index (χ0v) is 12.5. The second kappa shape index (κ2) is 5.89. The van der Waals surface area contributed by atoms with Gasteiger partial charge in [-0.2, -0.15) is 0 Å². The van der Waals surface area contributed by atoms with E-state index in [-0.39, 0.29) is 17.7 Å². The van der Waals surface area contributed by atoms with Gasteiger partial charge in [-0.05, 0) is 30.2 Å². The van der Waals surface area contributed by atoms with Gasteiger partial charge >= 0.3 is 5.97 Å². The molecule has 1 fully saturated rings. The first-order valence-corrected chi connectivity index (χ1v) is 7.44. The van der Waals surface area contributed by atoms with Crippen LogP contribution in [0.3, 0.4) is 0 Å². The van der Waals surface area contributed by atoms with Crippen molar-refractivity contribution in [3.05, 3.63) is 59.7 Å². The first kappa shape index (κ1) is 14.7. The molecule has 1 aliphatic carbocycles. The van der Waals surface area contributed by atoms with Crippen molar-refractivity contribution in [2.45, 2.75) is 18.9 Å². The Kier molecular flexibility index (Phi) is 3.94. The predicted octanol–water partition coefficient (Wildman–Crippen LogP) is 2.55. The molecule has 1 heterocycles. The van der Waals surface area contributed by atoms with Crippen molar-refractivity contribution in [2.75, 3.05) is 13.2 Å². The van der Waals surface area contributed by atoms with Gasteiger partial charge in [-0.3, -0.25) is 4.79 Å². The minimum atomic E-state index is -0.659. The Morgan fingerprint density at radius 1 is 1.41 bits per heavy atom. The average molecular weight is 298 g/mol. The lowest BCUT2D eigenvalue weighted by molar-refractivity contribution is -0.137. The SMILES string of the molecule is CCOC(=O)/C=C1\CO[C@]2(c3ccccc3)C=CC(=O)C[C@H]12. The molecule has 22 heavy (non-hydrogen) atoms. The lowest BCUT2D eigenvalue weighted by atomic mass is 9.73. The van der Waals surface area contributed by atoms with Crippen LogP contribution in [0.5, 0.6) is 0 Å². The van der Waals surface area contributed by atoms with Crippen LogP contribution in [-0.4, -0.2) is 25.0 Å². The molecule has 0 aromatic heterocycles. The molecule has 0 bridgehead atoms. The van der Waals surface area contributed by atoms with Crippen LogP contribution in [0.4, 0.5) is 0 Å². The van der Waals surface area contributed by atoms with E-state index < -0.39 is 5.60 Å². The number of ether oxygens (including phenoxy) is 2. The molecule has 0 radical (unpaired) electrons. The fraction of sp³-hybridized carbons (Fsp3) is 0.333.